The van der Waals surface area contributed by atoms with Crippen molar-refractivity contribution in [2.45, 2.75) is 25.9 Å². The summed E-state index contributed by atoms with van der Waals surface area (Å²) in [6.45, 7) is 2.10. The van der Waals surface area contributed by atoms with Crippen LogP contribution in [0.5, 0.6) is 0 Å². The average Bonchev–Trinajstić information content (AvgIpc) is 3.30. The Hall–Kier alpha value is -3.13. The normalized spacial score (nSPS) is 11.7. The Bertz CT molecular complexity index is 1180. The Balaban J connectivity index is 1.48. The molecule has 4 nitrogen and oxygen atoms in total. The van der Waals surface area contributed by atoms with Crippen molar-refractivity contribution in [1.82, 2.24) is 9.38 Å². The lowest BCUT2D eigenvalue weighted by Crippen LogP contribution is -2.15. The molecular weight excluding hydrogens is 411 g/mol. The summed E-state index contributed by atoms with van der Waals surface area (Å²) in [5.74, 6) is -0.308. The van der Waals surface area contributed by atoms with E-state index >= 15 is 0 Å². The molecule has 1 N–H and O–H groups in total. The fourth-order valence-electron chi connectivity index (χ4n) is 3.12. The van der Waals surface area contributed by atoms with Crippen LogP contribution in [0, 0.1) is 0 Å². The maximum absolute atomic E-state index is 12.7. The summed E-state index contributed by atoms with van der Waals surface area (Å²) in [7, 11) is 0. The highest BCUT2D eigenvalue weighted by molar-refractivity contribution is 7.15. The summed E-state index contributed by atoms with van der Waals surface area (Å²) < 4.78 is 39.8. The zero-order valence-corrected chi connectivity index (χ0v) is 16.8. The lowest BCUT2D eigenvalue weighted by Gasteiger charge is -2.08. The molecule has 0 saturated carbocycles. The minimum absolute atomic E-state index is 0.0889. The van der Waals surface area contributed by atoms with E-state index in [-0.39, 0.29) is 12.3 Å². The number of alkyl halides is 3. The molecule has 1 amide bonds. The largest absolute Gasteiger partial charge is 0.416 e. The lowest BCUT2D eigenvalue weighted by atomic mass is 10.1. The summed E-state index contributed by atoms with van der Waals surface area (Å²) in [6.07, 6.45) is -1.45. The van der Waals surface area contributed by atoms with E-state index in [4.69, 9.17) is 0 Å². The molecule has 0 saturated heterocycles. The third kappa shape index (κ3) is 4.23. The number of halogens is 3. The molecule has 0 fully saturated rings. The molecule has 2 aromatic heterocycles. The number of benzene rings is 2. The number of aromatic nitrogens is 2. The molecule has 4 aromatic rings. The number of imidazole rings is 1. The second kappa shape index (κ2) is 7.95. The number of hydrogen-bond donors (Lipinski definition) is 1. The van der Waals surface area contributed by atoms with E-state index in [0.717, 1.165) is 40.5 Å². The highest BCUT2D eigenvalue weighted by atomic mass is 32.1. The quantitative estimate of drug-likeness (QED) is 0.434. The Labute approximate surface area is 175 Å². The number of rotatable bonds is 5. The van der Waals surface area contributed by atoms with Crippen LogP contribution in [0.3, 0.4) is 0 Å². The third-order valence-corrected chi connectivity index (χ3v) is 5.67. The molecule has 0 aliphatic heterocycles. The molecule has 0 spiro atoms. The van der Waals surface area contributed by atoms with Crippen molar-refractivity contribution in [1.29, 1.82) is 0 Å². The molecule has 0 radical (unpaired) electrons. The molecule has 8 heteroatoms. The van der Waals surface area contributed by atoms with E-state index in [9.17, 15) is 18.0 Å². The summed E-state index contributed by atoms with van der Waals surface area (Å²) in [5, 5.41) is 4.50. The molecule has 0 bridgehead atoms. The number of nitrogens with one attached hydrogen (secondary N) is 1. The number of nitrogens with zero attached hydrogens (tertiary/aromatic N) is 2. The van der Waals surface area contributed by atoms with Gasteiger partial charge in [-0.15, -0.1) is 11.3 Å². The first kappa shape index (κ1) is 20.2. The van der Waals surface area contributed by atoms with Crippen molar-refractivity contribution in [3.05, 3.63) is 76.9 Å². The predicted octanol–water partition coefficient (Wildman–Crippen LogP) is 5.83. The van der Waals surface area contributed by atoms with Gasteiger partial charge in [0.15, 0.2) is 4.96 Å². The van der Waals surface area contributed by atoms with Gasteiger partial charge in [0.1, 0.15) is 0 Å². The van der Waals surface area contributed by atoms with Crippen LogP contribution in [0.25, 0.3) is 16.2 Å². The van der Waals surface area contributed by atoms with Gasteiger partial charge < -0.3 is 5.32 Å². The van der Waals surface area contributed by atoms with E-state index in [2.05, 4.69) is 29.4 Å². The number of thiazole rings is 1. The van der Waals surface area contributed by atoms with Crippen LogP contribution < -0.4 is 5.32 Å². The maximum Gasteiger partial charge on any atom is 0.416 e. The van der Waals surface area contributed by atoms with E-state index in [0.29, 0.717) is 5.69 Å². The maximum atomic E-state index is 12.7. The predicted molar refractivity (Wildman–Crippen MR) is 112 cm³/mol. The summed E-state index contributed by atoms with van der Waals surface area (Å²) in [6, 6.07) is 12.6. The topological polar surface area (TPSA) is 46.4 Å². The highest BCUT2D eigenvalue weighted by Crippen LogP contribution is 2.30. The first-order valence-electron chi connectivity index (χ1n) is 9.35. The molecule has 2 heterocycles. The van der Waals surface area contributed by atoms with Crippen molar-refractivity contribution >= 4 is 27.9 Å². The second-order valence-electron chi connectivity index (χ2n) is 6.86. The van der Waals surface area contributed by atoms with Crippen LogP contribution in [-0.4, -0.2) is 15.3 Å². The zero-order chi connectivity index (χ0) is 21.3. The van der Waals surface area contributed by atoms with E-state index in [1.54, 1.807) is 0 Å². The SMILES string of the molecule is CCc1ccc(-c2cn3c(CC(=O)Nc4ccc(C(F)(F)F)cc4)csc3n2)cc1. The lowest BCUT2D eigenvalue weighted by molar-refractivity contribution is -0.137. The van der Waals surface area contributed by atoms with Crippen molar-refractivity contribution in [3.8, 4) is 11.3 Å². The first-order valence-corrected chi connectivity index (χ1v) is 10.2. The van der Waals surface area contributed by atoms with Crippen LogP contribution in [-0.2, 0) is 23.8 Å². The molecule has 2 aromatic carbocycles. The van der Waals surface area contributed by atoms with Gasteiger partial charge in [-0.2, -0.15) is 13.2 Å². The van der Waals surface area contributed by atoms with Crippen LogP contribution >= 0.6 is 11.3 Å². The number of carbonyl (C=O) groups excluding carboxylic acids is 1. The molecule has 30 heavy (non-hydrogen) atoms. The summed E-state index contributed by atoms with van der Waals surface area (Å²) in [5.41, 5.74) is 3.42. The number of aryl methyl sites for hydroxylation is 1. The number of fused-ring (bicyclic) bond motifs is 1. The van der Waals surface area contributed by atoms with Crippen molar-refractivity contribution in [2.24, 2.45) is 0 Å². The zero-order valence-electron chi connectivity index (χ0n) is 16.0. The van der Waals surface area contributed by atoms with Gasteiger partial charge in [0.25, 0.3) is 0 Å². The summed E-state index contributed by atoms with van der Waals surface area (Å²) in [4.78, 5) is 17.8. The van der Waals surface area contributed by atoms with Crippen molar-refractivity contribution in [3.63, 3.8) is 0 Å². The standard InChI is InChI=1S/C22H18F3N3OS/c1-2-14-3-5-15(6-4-14)19-12-28-18(13-30-21(28)27-19)11-20(29)26-17-9-7-16(8-10-17)22(23,24)25/h3-10,12-13H,2,11H2,1H3,(H,26,29). The van der Waals surface area contributed by atoms with Gasteiger partial charge in [-0.05, 0) is 36.2 Å². The number of carbonyl (C=O) groups is 1. The fourth-order valence-corrected chi connectivity index (χ4v) is 3.99. The van der Waals surface area contributed by atoms with Gasteiger partial charge in [0, 0.05) is 28.5 Å². The highest BCUT2D eigenvalue weighted by Gasteiger charge is 2.30. The molecule has 4 rings (SSSR count). The Kier molecular flexibility index (Phi) is 5.34. The number of hydrogen-bond acceptors (Lipinski definition) is 3. The molecule has 0 aliphatic carbocycles. The monoisotopic (exact) mass is 429 g/mol. The Morgan fingerprint density at radius 1 is 1.10 bits per heavy atom. The van der Waals surface area contributed by atoms with E-state index < -0.39 is 11.7 Å². The van der Waals surface area contributed by atoms with Crippen molar-refractivity contribution < 1.29 is 18.0 Å². The second-order valence-corrected chi connectivity index (χ2v) is 7.69. The van der Waals surface area contributed by atoms with Crippen LogP contribution in [0.1, 0.15) is 23.7 Å². The van der Waals surface area contributed by atoms with Crippen LogP contribution in [0.4, 0.5) is 18.9 Å². The molecule has 0 aliphatic rings. The van der Waals surface area contributed by atoms with Crippen LogP contribution in [0.15, 0.2) is 60.1 Å². The average molecular weight is 429 g/mol. The smallest absolute Gasteiger partial charge is 0.326 e. The minimum Gasteiger partial charge on any atom is -0.326 e. The Morgan fingerprint density at radius 3 is 2.43 bits per heavy atom. The van der Waals surface area contributed by atoms with E-state index in [1.165, 1.54) is 29.0 Å². The van der Waals surface area contributed by atoms with Crippen molar-refractivity contribution in [2.75, 3.05) is 5.32 Å². The molecular formula is C22H18F3N3OS. The first-order chi connectivity index (χ1) is 14.3. The molecule has 154 valence electrons. The fraction of sp³-hybridized carbons (Fsp3) is 0.182. The summed E-state index contributed by atoms with van der Waals surface area (Å²) >= 11 is 1.44. The van der Waals surface area contributed by atoms with Gasteiger partial charge in [-0.1, -0.05) is 31.2 Å². The van der Waals surface area contributed by atoms with Gasteiger partial charge in [-0.25, -0.2) is 4.98 Å². The van der Waals surface area contributed by atoms with Gasteiger partial charge >= 0.3 is 6.18 Å². The van der Waals surface area contributed by atoms with Gasteiger partial charge in [0.2, 0.25) is 5.91 Å². The van der Waals surface area contributed by atoms with Gasteiger partial charge in [0.05, 0.1) is 17.7 Å². The van der Waals surface area contributed by atoms with Gasteiger partial charge in [-0.3, -0.25) is 9.20 Å². The van der Waals surface area contributed by atoms with Crippen LogP contribution in [0.2, 0.25) is 0 Å². The Morgan fingerprint density at radius 2 is 1.80 bits per heavy atom. The molecule has 0 atom stereocenters. The number of amides is 1. The van der Waals surface area contributed by atoms with E-state index in [1.807, 2.05) is 28.1 Å². The minimum atomic E-state index is -4.40. The number of anilines is 1. The molecule has 0 unspecified atom stereocenters. The third-order valence-electron chi connectivity index (χ3n) is 4.78.